The van der Waals surface area contributed by atoms with Crippen molar-refractivity contribution in [3.63, 3.8) is 0 Å². The van der Waals surface area contributed by atoms with Crippen molar-refractivity contribution in [1.29, 1.82) is 0 Å². The molecule has 1 aromatic rings. The Balaban J connectivity index is 1.73. The van der Waals surface area contributed by atoms with Gasteiger partial charge in [0.15, 0.2) is 0 Å². The predicted octanol–water partition coefficient (Wildman–Crippen LogP) is 3.76. The lowest BCUT2D eigenvalue weighted by molar-refractivity contribution is 0.151. The van der Waals surface area contributed by atoms with E-state index in [0.29, 0.717) is 5.92 Å². The molecule has 1 saturated heterocycles. The van der Waals surface area contributed by atoms with E-state index >= 15 is 0 Å². The van der Waals surface area contributed by atoms with E-state index in [1.165, 1.54) is 36.6 Å². The largest absolute Gasteiger partial charge is 0.310 e. The Morgan fingerprint density at radius 2 is 2.00 bits per heavy atom. The van der Waals surface area contributed by atoms with Crippen molar-refractivity contribution in [2.45, 2.75) is 53.6 Å². The molecule has 2 rings (SSSR count). The second kappa shape index (κ2) is 8.25. The molecule has 3 nitrogen and oxygen atoms in total. The minimum atomic E-state index is 0.701. The molecule has 0 atom stereocenters. The summed E-state index contributed by atoms with van der Waals surface area (Å²) in [6.07, 6.45) is 2.70. The monoisotopic (exact) mass is 309 g/mol. The van der Waals surface area contributed by atoms with Crippen LogP contribution in [0.5, 0.6) is 0 Å². The minimum Gasteiger partial charge on any atom is -0.310 e. The molecule has 0 bridgehead atoms. The number of hydrogen-bond acceptors (Lipinski definition) is 4. The van der Waals surface area contributed by atoms with Gasteiger partial charge in [0.05, 0.1) is 5.69 Å². The van der Waals surface area contributed by atoms with Gasteiger partial charge < -0.3 is 5.32 Å². The van der Waals surface area contributed by atoms with Crippen LogP contribution in [0.1, 0.15) is 51.2 Å². The molecule has 120 valence electrons. The standard InChI is InChI=1S/C17H31N3S/c1-13(2)9-18-10-17-19-16(12-21-17)11-20-7-5-15(6-8-20)14(3)4/h12-15,18H,5-11H2,1-4H3. The van der Waals surface area contributed by atoms with E-state index in [4.69, 9.17) is 4.98 Å². The highest BCUT2D eigenvalue weighted by molar-refractivity contribution is 7.09. The van der Waals surface area contributed by atoms with Crippen LogP contribution in [-0.2, 0) is 13.1 Å². The molecule has 21 heavy (non-hydrogen) atoms. The molecule has 0 radical (unpaired) electrons. The Labute approximate surface area is 134 Å². The fraction of sp³-hybridized carbons (Fsp3) is 0.824. The van der Waals surface area contributed by atoms with Crippen molar-refractivity contribution < 1.29 is 0 Å². The number of rotatable bonds is 7. The normalized spacial score (nSPS) is 18.0. The molecule has 0 amide bonds. The van der Waals surface area contributed by atoms with E-state index in [2.05, 4.69) is 43.3 Å². The third kappa shape index (κ3) is 5.68. The zero-order valence-electron chi connectivity index (χ0n) is 14.1. The lowest BCUT2D eigenvalue weighted by atomic mass is 9.87. The van der Waals surface area contributed by atoms with Gasteiger partial charge in [-0.2, -0.15) is 0 Å². The summed E-state index contributed by atoms with van der Waals surface area (Å²) in [4.78, 5) is 7.34. The second-order valence-corrected chi connectivity index (χ2v) is 8.06. The zero-order chi connectivity index (χ0) is 15.2. The third-order valence-electron chi connectivity index (χ3n) is 4.39. The van der Waals surface area contributed by atoms with Crippen molar-refractivity contribution >= 4 is 11.3 Å². The number of piperidine rings is 1. The third-order valence-corrected chi connectivity index (χ3v) is 5.29. The molecule has 0 aliphatic carbocycles. The first-order chi connectivity index (χ1) is 10.0. The maximum atomic E-state index is 4.77. The highest BCUT2D eigenvalue weighted by Crippen LogP contribution is 2.25. The molecule has 1 aliphatic heterocycles. The van der Waals surface area contributed by atoms with Gasteiger partial charge >= 0.3 is 0 Å². The van der Waals surface area contributed by atoms with Gasteiger partial charge in [0.1, 0.15) is 5.01 Å². The van der Waals surface area contributed by atoms with Gasteiger partial charge in [-0.3, -0.25) is 4.90 Å². The molecule has 1 aromatic heterocycles. The van der Waals surface area contributed by atoms with Crippen molar-refractivity contribution in [2.75, 3.05) is 19.6 Å². The van der Waals surface area contributed by atoms with E-state index in [0.717, 1.165) is 31.5 Å². The number of nitrogens with one attached hydrogen (secondary N) is 1. The van der Waals surface area contributed by atoms with Crippen LogP contribution in [0.25, 0.3) is 0 Å². The molecule has 1 fully saturated rings. The first kappa shape index (κ1) is 16.9. The highest BCUT2D eigenvalue weighted by Gasteiger charge is 2.21. The molecule has 0 spiro atoms. The number of hydrogen-bond donors (Lipinski definition) is 1. The minimum absolute atomic E-state index is 0.701. The van der Waals surface area contributed by atoms with Crippen molar-refractivity contribution in [3.8, 4) is 0 Å². The zero-order valence-corrected chi connectivity index (χ0v) is 14.9. The lowest BCUT2D eigenvalue weighted by Crippen LogP contribution is -2.34. The van der Waals surface area contributed by atoms with Gasteiger partial charge in [-0.1, -0.05) is 27.7 Å². The smallest absolute Gasteiger partial charge is 0.107 e. The summed E-state index contributed by atoms with van der Waals surface area (Å²) < 4.78 is 0. The van der Waals surface area contributed by atoms with Gasteiger partial charge in [0.2, 0.25) is 0 Å². The lowest BCUT2D eigenvalue weighted by Gasteiger charge is -2.33. The summed E-state index contributed by atoms with van der Waals surface area (Å²) in [7, 11) is 0. The molecule has 0 unspecified atom stereocenters. The average Bonchev–Trinajstić information content (AvgIpc) is 2.86. The van der Waals surface area contributed by atoms with Gasteiger partial charge in [0, 0.05) is 18.5 Å². The van der Waals surface area contributed by atoms with Crippen LogP contribution < -0.4 is 5.32 Å². The Hall–Kier alpha value is -0.450. The van der Waals surface area contributed by atoms with Crippen LogP contribution in [0.2, 0.25) is 0 Å². The van der Waals surface area contributed by atoms with Crippen LogP contribution in [0.4, 0.5) is 0 Å². The SMILES string of the molecule is CC(C)CNCc1nc(CN2CCC(C(C)C)CC2)cs1. The number of nitrogens with zero attached hydrogens (tertiary/aromatic N) is 2. The Kier molecular flexibility index (Phi) is 6.65. The molecular formula is C17H31N3S. The van der Waals surface area contributed by atoms with E-state index in [1.807, 2.05) is 0 Å². The summed E-state index contributed by atoms with van der Waals surface area (Å²) in [5.74, 6) is 2.46. The summed E-state index contributed by atoms with van der Waals surface area (Å²) in [6, 6.07) is 0. The number of likely N-dealkylation sites (tertiary alicyclic amines) is 1. The predicted molar refractivity (Wildman–Crippen MR) is 91.5 cm³/mol. The average molecular weight is 310 g/mol. The fourth-order valence-electron chi connectivity index (χ4n) is 2.98. The summed E-state index contributed by atoms with van der Waals surface area (Å²) in [6.45, 7) is 14.7. The summed E-state index contributed by atoms with van der Waals surface area (Å²) in [5, 5.41) is 6.93. The maximum Gasteiger partial charge on any atom is 0.107 e. The Morgan fingerprint density at radius 3 is 2.62 bits per heavy atom. The molecular weight excluding hydrogens is 278 g/mol. The second-order valence-electron chi connectivity index (χ2n) is 7.11. The van der Waals surface area contributed by atoms with E-state index < -0.39 is 0 Å². The maximum absolute atomic E-state index is 4.77. The molecule has 0 aromatic carbocycles. The Bertz CT molecular complexity index is 406. The Morgan fingerprint density at radius 1 is 1.29 bits per heavy atom. The van der Waals surface area contributed by atoms with Crippen LogP contribution >= 0.6 is 11.3 Å². The fourth-order valence-corrected chi connectivity index (χ4v) is 3.73. The summed E-state index contributed by atoms with van der Waals surface area (Å²) in [5.41, 5.74) is 1.25. The van der Waals surface area contributed by atoms with E-state index in [9.17, 15) is 0 Å². The van der Waals surface area contributed by atoms with E-state index in [-0.39, 0.29) is 0 Å². The van der Waals surface area contributed by atoms with Crippen molar-refractivity contribution in [3.05, 3.63) is 16.1 Å². The van der Waals surface area contributed by atoms with Crippen LogP contribution in [0.15, 0.2) is 5.38 Å². The van der Waals surface area contributed by atoms with Crippen molar-refractivity contribution in [1.82, 2.24) is 15.2 Å². The van der Waals surface area contributed by atoms with Crippen LogP contribution in [0.3, 0.4) is 0 Å². The molecule has 1 N–H and O–H groups in total. The van der Waals surface area contributed by atoms with E-state index in [1.54, 1.807) is 11.3 Å². The molecule has 1 aliphatic rings. The number of aromatic nitrogens is 1. The topological polar surface area (TPSA) is 28.2 Å². The van der Waals surface area contributed by atoms with Gasteiger partial charge in [-0.25, -0.2) is 4.98 Å². The summed E-state index contributed by atoms with van der Waals surface area (Å²) >= 11 is 1.79. The first-order valence-electron chi connectivity index (χ1n) is 8.41. The quantitative estimate of drug-likeness (QED) is 0.831. The van der Waals surface area contributed by atoms with Gasteiger partial charge in [-0.15, -0.1) is 11.3 Å². The molecule has 4 heteroatoms. The van der Waals surface area contributed by atoms with Crippen LogP contribution in [-0.4, -0.2) is 29.5 Å². The van der Waals surface area contributed by atoms with Crippen LogP contribution in [0, 0.1) is 17.8 Å². The van der Waals surface area contributed by atoms with Gasteiger partial charge in [0.25, 0.3) is 0 Å². The molecule has 2 heterocycles. The number of thiazole rings is 1. The van der Waals surface area contributed by atoms with Crippen molar-refractivity contribution in [2.24, 2.45) is 17.8 Å². The first-order valence-corrected chi connectivity index (χ1v) is 9.29. The highest BCUT2D eigenvalue weighted by atomic mass is 32.1. The van der Waals surface area contributed by atoms with Gasteiger partial charge in [-0.05, 0) is 50.2 Å². The molecule has 0 saturated carbocycles.